The minimum atomic E-state index is 0.865. The first kappa shape index (κ1) is 9.37. The molecule has 9 heavy (non-hydrogen) atoms. The zero-order chi connectivity index (χ0) is 6.95. The molecule has 0 fully saturated rings. The van der Waals surface area contributed by atoms with E-state index in [1.807, 2.05) is 11.8 Å². The van der Waals surface area contributed by atoms with Crippen LogP contribution in [-0.4, -0.2) is 18.6 Å². The van der Waals surface area contributed by atoms with Gasteiger partial charge in [-0.2, -0.15) is 11.8 Å². The molecule has 0 radical (unpaired) electrons. The van der Waals surface area contributed by atoms with Crippen LogP contribution in [0.1, 0.15) is 19.3 Å². The highest BCUT2D eigenvalue weighted by atomic mass is 32.2. The summed E-state index contributed by atoms with van der Waals surface area (Å²) in [6.07, 6.45) is 5.90. The maximum atomic E-state index is 4.45. The summed E-state index contributed by atoms with van der Waals surface area (Å²) in [7, 11) is 0. The summed E-state index contributed by atoms with van der Waals surface area (Å²) in [5, 5.41) is 0. The molecule has 0 rings (SSSR count). The molecule has 3 heteroatoms. The van der Waals surface area contributed by atoms with Gasteiger partial charge >= 0.3 is 0 Å². The van der Waals surface area contributed by atoms with Crippen molar-refractivity contribution in [2.45, 2.75) is 19.3 Å². The van der Waals surface area contributed by atoms with Crippen molar-refractivity contribution in [3.05, 3.63) is 0 Å². The van der Waals surface area contributed by atoms with Crippen molar-refractivity contribution in [1.82, 2.24) is 0 Å². The minimum Gasteiger partial charge on any atom is -0.220 e. The van der Waals surface area contributed by atoms with Crippen LogP contribution in [0.3, 0.4) is 0 Å². The molecular weight excluding hydrogens is 150 g/mol. The van der Waals surface area contributed by atoms with Crippen molar-refractivity contribution < 1.29 is 0 Å². The van der Waals surface area contributed by atoms with Crippen molar-refractivity contribution >= 4 is 24.2 Å². The van der Waals surface area contributed by atoms with E-state index < -0.39 is 0 Å². The average molecular weight is 163 g/mol. The number of rotatable bonds is 6. The van der Waals surface area contributed by atoms with Gasteiger partial charge in [-0.25, -0.2) is 4.36 Å². The second-order valence-electron chi connectivity index (χ2n) is 1.91. The normalized spacial score (nSPS) is 9.44. The van der Waals surface area contributed by atoms with Crippen molar-refractivity contribution in [3.63, 3.8) is 0 Å². The lowest BCUT2D eigenvalue weighted by Gasteiger charge is -1.93. The quantitative estimate of drug-likeness (QED) is 0.557. The molecular formula is C6H13NS2. The minimum absolute atomic E-state index is 0.865. The van der Waals surface area contributed by atoms with Crippen LogP contribution in [-0.2, 0) is 12.4 Å². The number of nitrogens with zero attached hydrogens (tertiary/aromatic N) is 1. The molecule has 0 aliphatic rings. The van der Waals surface area contributed by atoms with Gasteiger partial charge in [0.15, 0.2) is 0 Å². The first-order valence-electron chi connectivity index (χ1n) is 3.20. The summed E-state index contributed by atoms with van der Waals surface area (Å²) in [4.78, 5) is 0. The Bertz CT molecular complexity index is 66.1. The maximum absolute atomic E-state index is 4.45. The molecule has 0 atom stereocenters. The molecule has 54 valence electrons. The van der Waals surface area contributed by atoms with Crippen LogP contribution in [0.15, 0.2) is 4.36 Å². The lowest BCUT2D eigenvalue weighted by atomic mass is 10.2. The fourth-order valence-electron chi connectivity index (χ4n) is 0.600. The molecule has 0 saturated carbocycles. The predicted molar refractivity (Wildman–Crippen MR) is 46.9 cm³/mol. The third-order valence-corrected chi connectivity index (χ3v) is 1.98. The first-order valence-corrected chi connectivity index (χ1v) is 4.95. The molecule has 0 spiro atoms. The van der Waals surface area contributed by atoms with Crippen LogP contribution in [0, 0.1) is 0 Å². The molecule has 0 N–H and O–H groups in total. The van der Waals surface area contributed by atoms with E-state index in [0.29, 0.717) is 0 Å². The standard InChI is InChI=1S/C6H13NS2/c1-9-6-4-2-3-5-7-8/h2-6H2,1H3. The summed E-state index contributed by atoms with van der Waals surface area (Å²) >= 11 is 6.35. The Morgan fingerprint density at radius 2 is 2.11 bits per heavy atom. The molecule has 0 aromatic rings. The van der Waals surface area contributed by atoms with Crippen molar-refractivity contribution in [2.75, 3.05) is 18.6 Å². The first-order chi connectivity index (χ1) is 4.41. The summed E-state index contributed by atoms with van der Waals surface area (Å²) in [5.74, 6) is 1.28. The molecule has 0 unspecified atom stereocenters. The lowest BCUT2D eigenvalue weighted by molar-refractivity contribution is 0.738. The number of hydrogen-bond acceptors (Lipinski definition) is 3. The molecule has 0 aromatic carbocycles. The van der Waals surface area contributed by atoms with Gasteiger partial charge in [0, 0.05) is 12.4 Å². The topological polar surface area (TPSA) is 12.4 Å². The van der Waals surface area contributed by atoms with E-state index >= 15 is 0 Å². The highest BCUT2D eigenvalue weighted by molar-refractivity contribution is 7.98. The van der Waals surface area contributed by atoms with Crippen LogP contribution >= 0.6 is 11.8 Å². The second kappa shape index (κ2) is 8.37. The zero-order valence-electron chi connectivity index (χ0n) is 5.80. The number of hydrogen-bond donors (Lipinski definition) is 0. The van der Waals surface area contributed by atoms with Gasteiger partial charge in [0.05, 0.1) is 6.54 Å². The van der Waals surface area contributed by atoms with Crippen molar-refractivity contribution in [1.29, 1.82) is 0 Å². The Labute approximate surface area is 66.8 Å². The predicted octanol–water partition coefficient (Wildman–Crippen LogP) is 2.25. The Hall–Kier alpha value is 0.370. The Morgan fingerprint density at radius 3 is 2.67 bits per heavy atom. The van der Waals surface area contributed by atoms with Gasteiger partial charge in [0.2, 0.25) is 0 Å². The van der Waals surface area contributed by atoms with Crippen LogP contribution in [0.4, 0.5) is 0 Å². The van der Waals surface area contributed by atoms with E-state index in [9.17, 15) is 0 Å². The van der Waals surface area contributed by atoms with Gasteiger partial charge in [-0.05, 0) is 24.9 Å². The van der Waals surface area contributed by atoms with Gasteiger partial charge in [0.1, 0.15) is 0 Å². The number of unbranched alkanes of at least 4 members (excludes halogenated alkanes) is 2. The van der Waals surface area contributed by atoms with E-state index in [4.69, 9.17) is 0 Å². The van der Waals surface area contributed by atoms with Crippen LogP contribution < -0.4 is 0 Å². The maximum Gasteiger partial charge on any atom is 0.0521 e. The van der Waals surface area contributed by atoms with E-state index in [2.05, 4.69) is 23.0 Å². The molecule has 0 aromatic heterocycles. The highest BCUT2D eigenvalue weighted by Gasteiger charge is 1.85. The van der Waals surface area contributed by atoms with E-state index in [-0.39, 0.29) is 0 Å². The van der Waals surface area contributed by atoms with Gasteiger partial charge in [-0.3, -0.25) is 0 Å². The molecule has 0 saturated heterocycles. The fraction of sp³-hybridized carbons (Fsp3) is 1.00. The lowest BCUT2D eigenvalue weighted by Crippen LogP contribution is -1.82. The average Bonchev–Trinajstić information content (AvgIpc) is 1.89. The van der Waals surface area contributed by atoms with Gasteiger partial charge in [-0.1, -0.05) is 6.42 Å². The van der Waals surface area contributed by atoms with Gasteiger partial charge in [-0.15, -0.1) is 0 Å². The summed E-state index contributed by atoms with van der Waals surface area (Å²) < 4.78 is 3.61. The molecule has 0 aliphatic carbocycles. The van der Waals surface area contributed by atoms with E-state index in [1.54, 1.807) is 0 Å². The zero-order valence-corrected chi connectivity index (χ0v) is 7.43. The molecule has 0 bridgehead atoms. The Morgan fingerprint density at radius 1 is 1.33 bits per heavy atom. The molecule has 0 amide bonds. The largest absolute Gasteiger partial charge is 0.220 e. The van der Waals surface area contributed by atoms with E-state index in [1.165, 1.54) is 25.0 Å². The SMILES string of the molecule is CSCCCCCN=S. The number of thioether (sulfide) groups is 1. The van der Waals surface area contributed by atoms with Crippen LogP contribution in [0.5, 0.6) is 0 Å². The smallest absolute Gasteiger partial charge is 0.0521 e. The Balaban J connectivity index is 2.66. The van der Waals surface area contributed by atoms with Crippen molar-refractivity contribution in [2.24, 2.45) is 4.36 Å². The van der Waals surface area contributed by atoms with E-state index in [0.717, 1.165) is 6.54 Å². The van der Waals surface area contributed by atoms with Crippen molar-refractivity contribution in [3.8, 4) is 0 Å². The third-order valence-electron chi connectivity index (χ3n) is 1.10. The van der Waals surface area contributed by atoms with Gasteiger partial charge in [0.25, 0.3) is 0 Å². The molecule has 1 nitrogen and oxygen atoms in total. The fourth-order valence-corrected chi connectivity index (χ4v) is 1.22. The van der Waals surface area contributed by atoms with Crippen LogP contribution in [0.2, 0.25) is 0 Å². The summed E-state index contributed by atoms with van der Waals surface area (Å²) in [6.45, 7) is 0.865. The molecule has 0 aliphatic heterocycles. The molecule has 0 heterocycles. The second-order valence-corrected chi connectivity index (χ2v) is 3.15. The third kappa shape index (κ3) is 8.37. The monoisotopic (exact) mass is 163 g/mol. The Kier molecular flexibility index (Phi) is 8.71. The summed E-state index contributed by atoms with van der Waals surface area (Å²) in [6, 6.07) is 0. The van der Waals surface area contributed by atoms with Gasteiger partial charge < -0.3 is 0 Å². The van der Waals surface area contributed by atoms with Crippen LogP contribution in [0.25, 0.3) is 0 Å². The summed E-state index contributed by atoms with van der Waals surface area (Å²) in [5.41, 5.74) is 0. The highest BCUT2D eigenvalue weighted by Crippen LogP contribution is 2.01.